The Morgan fingerprint density at radius 3 is 1.91 bits per heavy atom. The Hall–Kier alpha value is -1.79. The second-order valence-electron chi connectivity index (χ2n) is 5.91. The van der Waals surface area contributed by atoms with Crippen molar-refractivity contribution in [3.05, 3.63) is 0 Å². The molecule has 0 aromatic carbocycles. The number of hydrogen-bond donors (Lipinski definition) is 1. The molecule has 0 radical (unpaired) electrons. The normalized spacial score (nSPS) is 12.0. The average Bonchev–Trinajstić information content (AvgIpc) is 2.46. The fourth-order valence-corrected chi connectivity index (χ4v) is 2.35. The van der Waals surface area contributed by atoms with Gasteiger partial charge in [0, 0.05) is 25.2 Å². The molecule has 0 saturated heterocycles. The molecule has 0 spiro atoms. The SMILES string of the molecule is CCN(CC)C(=O)C(CC(=O)OC)N(C(=O)NC(C)C)C(C)C. The van der Waals surface area contributed by atoms with Crippen LogP contribution < -0.4 is 5.32 Å². The van der Waals surface area contributed by atoms with Gasteiger partial charge in [0.1, 0.15) is 6.04 Å². The van der Waals surface area contributed by atoms with Gasteiger partial charge in [0.15, 0.2) is 0 Å². The van der Waals surface area contributed by atoms with Gasteiger partial charge in [-0.2, -0.15) is 0 Å². The molecule has 1 atom stereocenters. The van der Waals surface area contributed by atoms with E-state index in [0.29, 0.717) is 13.1 Å². The van der Waals surface area contributed by atoms with Crippen LogP contribution >= 0.6 is 0 Å². The Labute approximate surface area is 139 Å². The van der Waals surface area contributed by atoms with Crippen molar-refractivity contribution in [2.45, 2.75) is 66.1 Å². The second-order valence-corrected chi connectivity index (χ2v) is 5.91. The van der Waals surface area contributed by atoms with Gasteiger partial charge in [-0.25, -0.2) is 4.79 Å². The molecule has 0 aliphatic carbocycles. The monoisotopic (exact) mass is 329 g/mol. The standard InChI is InChI=1S/C16H31N3O4/c1-8-18(9-2)15(21)13(10-14(20)23-7)19(12(5)6)16(22)17-11(3)4/h11-13H,8-10H2,1-7H3,(H,17,22). The fourth-order valence-electron chi connectivity index (χ4n) is 2.35. The van der Waals surface area contributed by atoms with Gasteiger partial charge in [0.25, 0.3) is 0 Å². The highest BCUT2D eigenvalue weighted by Crippen LogP contribution is 2.14. The zero-order valence-electron chi connectivity index (χ0n) is 15.4. The number of nitrogens with zero attached hydrogens (tertiary/aromatic N) is 2. The van der Waals surface area contributed by atoms with Gasteiger partial charge in [-0.05, 0) is 41.5 Å². The Balaban J connectivity index is 5.60. The molecule has 0 fully saturated rings. The zero-order valence-corrected chi connectivity index (χ0v) is 15.4. The molecule has 7 nitrogen and oxygen atoms in total. The number of esters is 1. The summed E-state index contributed by atoms with van der Waals surface area (Å²) in [6.45, 7) is 12.1. The lowest BCUT2D eigenvalue weighted by atomic mass is 10.1. The van der Waals surface area contributed by atoms with E-state index >= 15 is 0 Å². The third kappa shape index (κ3) is 6.46. The first-order valence-electron chi connectivity index (χ1n) is 8.13. The number of carbonyl (C=O) groups excluding carboxylic acids is 3. The van der Waals surface area contributed by atoms with Gasteiger partial charge in [0.05, 0.1) is 13.5 Å². The molecule has 0 rings (SSSR count). The van der Waals surface area contributed by atoms with Crippen LogP contribution in [0.4, 0.5) is 4.79 Å². The predicted octanol–water partition coefficient (Wildman–Crippen LogP) is 1.61. The van der Waals surface area contributed by atoms with Crippen molar-refractivity contribution in [3.8, 4) is 0 Å². The number of hydrogen-bond acceptors (Lipinski definition) is 4. The topological polar surface area (TPSA) is 79.0 Å². The minimum atomic E-state index is -0.874. The minimum Gasteiger partial charge on any atom is -0.469 e. The highest BCUT2D eigenvalue weighted by Gasteiger charge is 2.36. The molecule has 0 aromatic rings. The summed E-state index contributed by atoms with van der Waals surface area (Å²) in [5.41, 5.74) is 0. The molecule has 0 bridgehead atoms. The van der Waals surface area contributed by atoms with Gasteiger partial charge < -0.3 is 19.9 Å². The van der Waals surface area contributed by atoms with E-state index in [0.717, 1.165) is 0 Å². The number of amides is 3. The molecule has 0 heterocycles. The van der Waals surface area contributed by atoms with E-state index in [1.54, 1.807) is 4.90 Å². The van der Waals surface area contributed by atoms with Crippen LogP contribution in [0.1, 0.15) is 48.0 Å². The quantitative estimate of drug-likeness (QED) is 0.686. The number of rotatable bonds is 8. The van der Waals surface area contributed by atoms with E-state index in [2.05, 4.69) is 5.32 Å². The Morgan fingerprint density at radius 1 is 1.04 bits per heavy atom. The summed E-state index contributed by atoms with van der Waals surface area (Å²) in [5, 5.41) is 2.79. The third-order valence-corrected chi connectivity index (χ3v) is 3.49. The van der Waals surface area contributed by atoms with Gasteiger partial charge >= 0.3 is 12.0 Å². The first-order valence-corrected chi connectivity index (χ1v) is 8.13. The maximum atomic E-state index is 12.8. The molecule has 7 heteroatoms. The van der Waals surface area contributed by atoms with Crippen molar-refractivity contribution in [1.29, 1.82) is 0 Å². The minimum absolute atomic E-state index is 0.0638. The second kappa shape index (κ2) is 10.1. The summed E-state index contributed by atoms with van der Waals surface area (Å²) in [4.78, 5) is 40.1. The molecule has 23 heavy (non-hydrogen) atoms. The van der Waals surface area contributed by atoms with Crippen LogP contribution in [0.25, 0.3) is 0 Å². The van der Waals surface area contributed by atoms with Crippen molar-refractivity contribution in [2.75, 3.05) is 20.2 Å². The number of carbonyl (C=O) groups is 3. The van der Waals surface area contributed by atoms with E-state index in [1.807, 2.05) is 41.5 Å². The van der Waals surface area contributed by atoms with Crippen molar-refractivity contribution < 1.29 is 19.1 Å². The maximum Gasteiger partial charge on any atom is 0.318 e. The summed E-state index contributed by atoms with van der Waals surface area (Å²) in [5.74, 6) is -0.758. The molecule has 3 amide bonds. The van der Waals surface area contributed by atoms with Gasteiger partial charge in [-0.15, -0.1) is 0 Å². The van der Waals surface area contributed by atoms with E-state index in [9.17, 15) is 14.4 Å². The molecule has 1 unspecified atom stereocenters. The van der Waals surface area contributed by atoms with Crippen LogP contribution in [-0.2, 0) is 14.3 Å². The largest absolute Gasteiger partial charge is 0.469 e. The Kier molecular flexibility index (Phi) is 9.29. The smallest absolute Gasteiger partial charge is 0.318 e. The van der Waals surface area contributed by atoms with Crippen LogP contribution in [0.5, 0.6) is 0 Å². The van der Waals surface area contributed by atoms with Crippen molar-refractivity contribution in [1.82, 2.24) is 15.1 Å². The van der Waals surface area contributed by atoms with Crippen molar-refractivity contribution in [3.63, 3.8) is 0 Å². The number of likely N-dealkylation sites (N-methyl/N-ethyl adjacent to an activating group) is 1. The number of ether oxygens (including phenoxy) is 1. The molecule has 0 saturated carbocycles. The summed E-state index contributed by atoms with van der Waals surface area (Å²) in [6, 6.07) is -1.53. The summed E-state index contributed by atoms with van der Waals surface area (Å²) in [7, 11) is 1.27. The molecule has 1 N–H and O–H groups in total. The molecule has 0 aliphatic rings. The number of urea groups is 1. The van der Waals surface area contributed by atoms with Crippen molar-refractivity contribution in [2.24, 2.45) is 0 Å². The maximum absolute atomic E-state index is 12.8. The zero-order chi connectivity index (χ0) is 18.2. The van der Waals surface area contributed by atoms with Crippen LogP contribution in [0.3, 0.4) is 0 Å². The Morgan fingerprint density at radius 2 is 1.57 bits per heavy atom. The van der Waals surface area contributed by atoms with Crippen LogP contribution in [0.15, 0.2) is 0 Å². The molecule has 134 valence electrons. The highest BCUT2D eigenvalue weighted by atomic mass is 16.5. The van der Waals surface area contributed by atoms with E-state index in [-0.39, 0.29) is 30.4 Å². The molecular formula is C16H31N3O4. The fraction of sp³-hybridized carbons (Fsp3) is 0.812. The summed E-state index contributed by atoms with van der Waals surface area (Å²) >= 11 is 0. The molecule has 0 aromatic heterocycles. The van der Waals surface area contributed by atoms with Gasteiger partial charge in [-0.3, -0.25) is 9.59 Å². The third-order valence-electron chi connectivity index (χ3n) is 3.49. The number of methoxy groups -OCH3 is 1. The first kappa shape index (κ1) is 21.2. The lowest BCUT2D eigenvalue weighted by molar-refractivity contribution is -0.147. The predicted molar refractivity (Wildman–Crippen MR) is 89.0 cm³/mol. The molecule has 0 aliphatic heterocycles. The van der Waals surface area contributed by atoms with Crippen molar-refractivity contribution >= 4 is 17.9 Å². The van der Waals surface area contributed by atoms with Crippen LogP contribution in [0, 0.1) is 0 Å². The first-order chi connectivity index (χ1) is 10.7. The van der Waals surface area contributed by atoms with Crippen LogP contribution in [-0.4, -0.2) is 66.0 Å². The van der Waals surface area contributed by atoms with Crippen LogP contribution in [0.2, 0.25) is 0 Å². The Bertz CT molecular complexity index is 406. The number of nitrogens with one attached hydrogen (secondary N) is 1. The molecular weight excluding hydrogens is 298 g/mol. The average molecular weight is 329 g/mol. The van der Waals surface area contributed by atoms with E-state index in [4.69, 9.17) is 4.74 Å². The lowest BCUT2D eigenvalue weighted by Gasteiger charge is -2.36. The highest BCUT2D eigenvalue weighted by molar-refractivity contribution is 5.90. The van der Waals surface area contributed by atoms with E-state index < -0.39 is 12.0 Å². The summed E-state index contributed by atoms with van der Waals surface area (Å²) < 4.78 is 4.70. The van der Waals surface area contributed by atoms with Gasteiger partial charge in [-0.1, -0.05) is 0 Å². The lowest BCUT2D eigenvalue weighted by Crippen LogP contribution is -2.57. The van der Waals surface area contributed by atoms with E-state index in [1.165, 1.54) is 12.0 Å². The van der Waals surface area contributed by atoms with Gasteiger partial charge in [0.2, 0.25) is 5.91 Å². The summed E-state index contributed by atoms with van der Waals surface area (Å²) in [6.07, 6.45) is -0.157.